The third kappa shape index (κ3) is 3.31. The standard InChI is InChI=1S/C12H20O8Si/c1-9(2-13-1)17-21(18-10-3-14-4-10,19-11-5-15-6-11)20-12-7-16-8-12/h9-12H,1-8H2. The van der Waals surface area contributed by atoms with Gasteiger partial charge in [-0.25, -0.2) is 0 Å². The summed E-state index contributed by atoms with van der Waals surface area (Å²) in [5, 5.41) is 0. The largest absolute Gasteiger partial charge is 0.681 e. The summed E-state index contributed by atoms with van der Waals surface area (Å²) < 4.78 is 45.0. The van der Waals surface area contributed by atoms with E-state index in [0.717, 1.165) is 0 Å². The van der Waals surface area contributed by atoms with E-state index in [2.05, 4.69) is 0 Å². The van der Waals surface area contributed by atoms with Gasteiger partial charge >= 0.3 is 9.05 Å². The summed E-state index contributed by atoms with van der Waals surface area (Å²) in [4.78, 5) is 0. The molecule has 0 N–H and O–H groups in total. The maximum Gasteiger partial charge on any atom is 0.681 e. The van der Waals surface area contributed by atoms with Gasteiger partial charge < -0.3 is 36.7 Å². The minimum atomic E-state index is -3.25. The summed E-state index contributed by atoms with van der Waals surface area (Å²) >= 11 is 0. The molecular weight excluding hydrogens is 300 g/mol. The first-order valence-electron chi connectivity index (χ1n) is 7.33. The molecule has 0 aliphatic carbocycles. The summed E-state index contributed by atoms with van der Waals surface area (Å²) in [6.45, 7) is 4.40. The molecule has 9 heteroatoms. The molecule has 21 heavy (non-hydrogen) atoms. The van der Waals surface area contributed by atoms with E-state index in [1.165, 1.54) is 0 Å². The van der Waals surface area contributed by atoms with Crippen molar-refractivity contribution in [1.29, 1.82) is 0 Å². The molecule has 4 heterocycles. The Bertz CT molecular complexity index is 284. The number of hydrogen-bond donors (Lipinski definition) is 0. The van der Waals surface area contributed by atoms with Crippen LogP contribution in [0.3, 0.4) is 0 Å². The zero-order valence-corrected chi connectivity index (χ0v) is 12.7. The van der Waals surface area contributed by atoms with Crippen molar-refractivity contribution in [1.82, 2.24) is 0 Å². The van der Waals surface area contributed by atoms with Crippen LogP contribution in [0.5, 0.6) is 0 Å². The van der Waals surface area contributed by atoms with Crippen LogP contribution in [0, 0.1) is 0 Å². The lowest BCUT2D eigenvalue weighted by atomic mass is 10.3. The molecular formula is C12H20O8Si. The van der Waals surface area contributed by atoms with E-state index < -0.39 is 9.05 Å². The monoisotopic (exact) mass is 320 g/mol. The van der Waals surface area contributed by atoms with Gasteiger partial charge in [0.15, 0.2) is 0 Å². The summed E-state index contributed by atoms with van der Waals surface area (Å²) in [5.41, 5.74) is 0. The normalized spacial score (nSPS) is 28.6. The average molecular weight is 320 g/mol. The molecule has 4 rings (SSSR count). The minimum absolute atomic E-state index is 0.0281. The minimum Gasteiger partial charge on any atom is -0.376 e. The first-order chi connectivity index (χ1) is 10.3. The Morgan fingerprint density at radius 2 is 0.714 bits per heavy atom. The number of hydrogen-bond acceptors (Lipinski definition) is 8. The van der Waals surface area contributed by atoms with Crippen molar-refractivity contribution in [2.75, 3.05) is 52.9 Å². The fourth-order valence-electron chi connectivity index (χ4n) is 2.11. The Hall–Kier alpha value is -0.103. The molecule has 0 bridgehead atoms. The number of rotatable bonds is 8. The molecule has 0 saturated carbocycles. The van der Waals surface area contributed by atoms with Crippen molar-refractivity contribution in [2.45, 2.75) is 24.4 Å². The van der Waals surface area contributed by atoms with Gasteiger partial charge in [-0.1, -0.05) is 0 Å². The van der Waals surface area contributed by atoms with Crippen molar-refractivity contribution >= 4 is 9.05 Å². The van der Waals surface area contributed by atoms with Crippen molar-refractivity contribution < 1.29 is 36.7 Å². The predicted molar refractivity (Wildman–Crippen MR) is 68.5 cm³/mol. The molecule has 0 aromatic rings. The Labute approximate surface area is 124 Å². The summed E-state index contributed by atoms with van der Waals surface area (Å²) in [7, 11) is -3.25. The van der Waals surface area contributed by atoms with Crippen LogP contribution in [0.1, 0.15) is 0 Å². The van der Waals surface area contributed by atoms with Gasteiger partial charge in [-0.3, -0.25) is 0 Å². The van der Waals surface area contributed by atoms with Gasteiger partial charge in [0.1, 0.15) is 0 Å². The lowest BCUT2D eigenvalue weighted by molar-refractivity contribution is -0.221. The fourth-order valence-corrected chi connectivity index (χ4v) is 4.62. The van der Waals surface area contributed by atoms with Gasteiger partial charge in [0, 0.05) is 0 Å². The van der Waals surface area contributed by atoms with E-state index in [1.54, 1.807) is 0 Å². The molecule has 4 aliphatic rings. The van der Waals surface area contributed by atoms with Crippen molar-refractivity contribution in [3.8, 4) is 0 Å². The lowest BCUT2D eigenvalue weighted by Crippen LogP contribution is -2.64. The van der Waals surface area contributed by atoms with Crippen LogP contribution in [-0.4, -0.2) is 86.3 Å². The smallest absolute Gasteiger partial charge is 0.376 e. The predicted octanol–water partition coefficient (Wildman–Crippen LogP) is -0.916. The Morgan fingerprint density at radius 1 is 0.476 bits per heavy atom. The summed E-state index contributed by atoms with van der Waals surface area (Å²) in [6.07, 6.45) is -0.112. The van der Waals surface area contributed by atoms with Gasteiger partial charge in [-0.05, 0) is 0 Å². The molecule has 8 nitrogen and oxygen atoms in total. The summed E-state index contributed by atoms with van der Waals surface area (Å²) in [6, 6.07) is 0. The molecule has 4 saturated heterocycles. The van der Waals surface area contributed by atoms with E-state index in [0.29, 0.717) is 52.9 Å². The lowest BCUT2D eigenvalue weighted by Gasteiger charge is -2.43. The first-order valence-corrected chi connectivity index (χ1v) is 8.97. The molecule has 0 spiro atoms. The Kier molecular flexibility index (Phi) is 4.27. The van der Waals surface area contributed by atoms with Crippen molar-refractivity contribution in [2.24, 2.45) is 0 Å². The van der Waals surface area contributed by atoms with Gasteiger partial charge in [-0.2, -0.15) is 0 Å². The second-order valence-corrected chi connectivity index (χ2v) is 7.55. The van der Waals surface area contributed by atoms with Crippen LogP contribution < -0.4 is 0 Å². The van der Waals surface area contributed by atoms with Crippen LogP contribution in [0.15, 0.2) is 0 Å². The highest BCUT2D eigenvalue weighted by molar-refractivity contribution is 6.53. The highest BCUT2D eigenvalue weighted by Crippen LogP contribution is 2.28. The Balaban J connectivity index is 1.45. The van der Waals surface area contributed by atoms with Crippen LogP contribution in [0.2, 0.25) is 0 Å². The van der Waals surface area contributed by atoms with Crippen LogP contribution in [0.25, 0.3) is 0 Å². The molecule has 0 aromatic heterocycles. The van der Waals surface area contributed by atoms with Crippen LogP contribution >= 0.6 is 0 Å². The fraction of sp³-hybridized carbons (Fsp3) is 1.00. The number of ether oxygens (including phenoxy) is 4. The van der Waals surface area contributed by atoms with Crippen molar-refractivity contribution in [3.05, 3.63) is 0 Å². The van der Waals surface area contributed by atoms with Crippen LogP contribution in [0.4, 0.5) is 0 Å². The molecule has 0 atom stereocenters. The third-order valence-corrected chi connectivity index (χ3v) is 6.16. The summed E-state index contributed by atoms with van der Waals surface area (Å²) in [5.74, 6) is 0. The van der Waals surface area contributed by atoms with E-state index in [9.17, 15) is 0 Å². The molecule has 0 amide bonds. The Morgan fingerprint density at radius 3 is 0.857 bits per heavy atom. The topological polar surface area (TPSA) is 73.8 Å². The van der Waals surface area contributed by atoms with Crippen LogP contribution in [-0.2, 0) is 36.7 Å². The van der Waals surface area contributed by atoms with E-state index in [4.69, 9.17) is 36.7 Å². The van der Waals surface area contributed by atoms with Gasteiger partial charge in [0.2, 0.25) is 0 Å². The zero-order valence-electron chi connectivity index (χ0n) is 11.7. The second kappa shape index (κ2) is 6.18. The SMILES string of the molecule is C1OCC1O[Si](OC1COC1)(OC1COC1)OC1COC1. The quantitative estimate of drug-likeness (QED) is 0.532. The molecule has 0 aromatic carbocycles. The molecule has 0 radical (unpaired) electrons. The van der Waals surface area contributed by atoms with Gasteiger partial charge in [0.25, 0.3) is 0 Å². The molecule has 120 valence electrons. The zero-order chi connectivity index (χ0) is 14.1. The maximum atomic E-state index is 6.07. The third-order valence-electron chi connectivity index (χ3n) is 3.67. The van der Waals surface area contributed by atoms with E-state index in [1.807, 2.05) is 0 Å². The average Bonchev–Trinajstić information content (AvgIpc) is 2.28. The molecule has 4 aliphatic heterocycles. The second-order valence-electron chi connectivity index (χ2n) is 5.61. The molecule has 4 fully saturated rings. The van der Waals surface area contributed by atoms with E-state index in [-0.39, 0.29) is 24.4 Å². The first kappa shape index (κ1) is 14.5. The highest BCUT2D eigenvalue weighted by atomic mass is 28.4. The maximum absolute atomic E-state index is 6.07. The van der Waals surface area contributed by atoms with Gasteiger partial charge in [0.05, 0.1) is 77.3 Å². The van der Waals surface area contributed by atoms with Gasteiger partial charge in [-0.15, -0.1) is 0 Å². The molecule has 0 unspecified atom stereocenters. The highest BCUT2D eigenvalue weighted by Gasteiger charge is 2.56. The van der Waals surface area contributed by atoms with Crippen molar-refractivity contribution in [3.63, 3.8) is 0 Å². The van der Waals surface area contributed by atoms with E-state index >= 15 is 0 Å².